The molecular formula is C5H13N3. The van der Waals surface area contributed by atoms with Crippen LogP contribution in [0.2, 0.25) is 0 Å². The summed E-state index contributed by atoms with van der Waals surface area (Å²) in [5.41, 5.74) is 16.3. The van der Waals surface area contributed by atoms with E-state index in [0.29, 0.717) is 5.70 Å². The largest absolute Gasteiger partial charge is 0.399 e. The van der Waals surface area contributed by atoms with Crippen molar-refractivity contribution < 1.29 is 0 Å². The fourth-order valence-corrected chi connectivity index (χ4v) is 0.414. The van der Waals surface area contributed by atoms with Crippen LogP contribution < -0.4 is 17.2 Å². The van der Waals surface area contributed by atoms with Crippen LogP contribution in [-0.4, -0.2) is 0 Å². The molecule has 48 valence electrons. The Kier molecular flexibility index (Phi) is 2.84. The van der Waals surface area contributed by atoms with E-state index >= 15 is 0 Å². The second kappa shape index (κ2) is 3.18. The molecule has 8 heavy (non-hydrogen) atoms. The third kappa shape index (κ3) is 2.34. The van der Waals surface area contributed by atoms with Crippen molar-refractivity contribution in [2.24, 2.45) is 17.2 Å². The molecule has 0 atom stereocenters. The smallest absolute Gasteiger partial charge is 0.113 e. The monoisotopic (exact) mass is 115 g/mol. The highest BCUT2D eigenvalue weighted by molar-refractivity contribution is 5.02. The van der Waals surface area contributed by atoms with Crippen LogP contribution in [0.1, 0.15) is 19.8 Å². The summed E-state index contributed by atoms with van der Waals surface area (Å²) in [4.78, 5) is 0. The Hall–Kier alpha value is -0.860. The molecule has 0 spiro atoms. The van der Waals surface area contributed by atoms with Crippen molar-refractivity contribution in [1.82, 2.24) is 0 Å². The lowest BCUT2D eigenvalue weighted by molar-refractivity contribution is 0.868. The zero-order valence-electron chi connectivity index (χ0n) is 5.15. The van der Waals surface area contributed by atoms with E-state index in [9.17, 15) is 0 Å². The summed E-state index contributed by atoms with van der Waals surface area (Å²) in [5.74, 6) is 0.256. The van der Waals surface area contributed by atoms with Gasteiger partial charge in [-0.1, -0.05) is 13.3 Å². The van der Waals surface area contributed by atoms with Gasteiger partial charge in [0.25, 0.3) is 0 Å². The third-order valence-electron chi connectivity index (χ3n) is 0.890. The Balaban J connectivity index is 3.62. The van der Waals surface area contributed by atoms with E-state index in [1.807, 2.05) is 6.92 Å². The van der Waals surface area contributed by atoms with Crippen molar-refractivity contribution in [3.63, 3.8) is 0 Å². The molecule has 0 heterocycles. The first-order valence-corrected chi connectivity index (χ1v) is 2.68. The van der Waals surface area contributed by atoms with Crippen molar-refractivity contribution in [3.05, 3.63) is 11.5 Å². The molecule has 0 aliphatic carbocycles. The van der Waals surface area contributed by atoms with Crippen molar-refractivity contribution in [2.45, 2.75) is 19.8 Å². The van der Waals surface area contributed by atoms with Crippen molar-refractivity contribution in [3.8, 4) is 0 Å². The van der Waals surface area contributed by atoms with Gasteiger partial charge in [-0.25, -0.2) is 0 Å². The van der Waals surface area contributed by atoms with Crippen LogP contribution in [0, 0.1) is 0 Å². The molecule has 0 aromatic heterocycles. The second-order valence-electron chi connectivity index (χ2n) is 1.73. The van der Waals surface area contributed by atoms with E-state index in [2.05, 4.69) is 0 Å². The van der Waals surface area contributed by atoms with Crippen LogP contribution in [-0.2, 0) is 0 Å². The highest BCUT2D eigenvalue weighted by Crippen LogP contribution is 1.95. The quantitative estimate of drug-likeness (QED) is 0.467. The summed E-state index contributed by atoms with van der Waals surface area (Å²) in [6.07, 6.45) is 1.78. The summed E-state index contributed by atoms with van der Waals surface area (Å²) in [6.45, 7) is 2.02. The second-order valence-corrected chi connectivity index (χ2v) is 1.73. The number of nitrogens with two attached hydrogens (primary N) is 3. The maximum Gasteiger partial charge on any atom is 0.113 e. The Morgan fingerprint density at radius 1 is 1.25 bits per heavy atom. The Morgan fingerprint density at radius 3 is 1.88 bits per heavy atom. The van der Waals surface area contributed by atoms with Gasteiger partial charge in [-0.05, 0) is 6.42 Å². The van der Waals surface area contributed by atoms with Crippen LogP contribution >= 0.6 is 0 Å². The van der Waals surface area contributed by atoms with E-state index in [1.165, 1.54) is 0 Å². The van der Waals surface area contributed by atoms with Crippen molar-refractivity contribution in [1.29, 1.82) is 0 Å². The molecule has 6 N–H and O–H groups in total. The van der Waals surface area contributed by atoms with Gasteiger partial charge >= 0.3 is 0 Å². The first kappa shape index (κ1) is 7.14. The summed E-state index contributed by atoms with van der Waals surface area (Å²) in [6, 6.07) is 0. The number of hydrogen-bond acceptors (Lipinski definition) is 3. The predicted molar refractivity (Wildman–Crippen MR) is 34.5 cm³/mol. The highest BCUT2D eigenvalue weighted by atomic mass is 14.8. The SMILES string of the molecule is CCCC(N)=C(N)N. The van der Waals surface area contributed by atoms with E-state index in [4.69, 9.17) is 17.2 Å². The Morgan fingerprint density at radius 2 is 1.75 bits per heavy atom. The van der Waals surface area contributed by atoms with Gasteiger partial charge in [-0.2, -0.15) is 0 Å². The van der Waals surface area contributed by atoms with Crippen LogP contribution in [0.5, 0.6) is 0 Å². The molecule has 0 bridgehead atoms. The van der Waals surface area contributed by atoms with Crippen LogP contribution in [0.15, 0.2) is 11.5 Å². The maximum absolute atomic E-state index is 5.36. The predicted octanol–water partition coefficient (Wildman–Crippen LogP) is -0.168. The minimum atomic E-state index is 0.256. The minimum Gasteiger partial charge on any atom is -0.399 e. The van der Waals surface area contributed by atoms with Gasteiger partial charge in [0.05, 0.1) is 0 Å². The lowest BCUT2D eigenvalue weighted by Crippen LogP contribution is -2.16. The van der Waals surface area contributed by atoms with Crippen molar-refractivity contribution in [2.75, 3.05) is 0 Å². The molecule has 3 nitrogen and oxygen atoms in total. The molecule has 0 amide bonds. The molecule has 0 aromatic carbocycles. The van der Waals surface area contributed by atoms with Gasteiger partial charge < -0.3 is 17.2 Å². The third-order valence-corrected chi connectivity index (χ3v) is 0.890. The lowest BCUT2D eigenvalue weighted by Gasteiger charge is -1.98. The van der Waals surface area contributed by atoms with Gasteiger partial charge in [0, 0.05) is 5.70 Å². The number of rotatable bonds is 2. The molecule has 0 fully saturated rings. The van der Waals surface area contributed by atoms with Gasteiger partial charge in [-0.3, -0.25) is 0 Å². The minimum absolute atomic E-state index is 0.256. The average Bonchev–Trinajstić information content (AvgIpc) is 1.67. The van der Waals surface area contributed by atoms with Gasteiger partial charge in [-0.15, -0.1) is 0 Å². The molecule has 0 aromatic rings. The molecular weight excluding hydrogens is 102 g/mol. The highest BCUT2D eigenvalue weighted by Gasteiger charge is 1.89. The van der Waals surface area contributed by atoms with Crippen molar-refractivity contribution >= 4 is 0 Å². The molecule has 0 aliphatic rings. The Labute approximate surface area is 49.5 Å². The normalized spacial score (nSPS) is 8.62. The molecule has 0 saturated carbocycles. The first-order chi connectivity index (χ1) is 3.68. The van der Waals surface area contributed by atoms with Crippen LogP contribution in [0.4, 0.5) is 0 Å². The number of hydrogen-bond donors (Lipinski definition) is 3. The zero-order valence-corrected chi connectivity index (χ0v) is 5.15. The van der Waals surface area contributed by atoms with E-state index in [1.54, 1.807) is 0 Å². The van der Waals surface area contributed by atoms with E-state index in [-0.39, 0.29) is 5.82 Å². The average molecular weight is 115 g/mol. The lowest BCUT2D eigenvalue weighted by atomic mass is 10.3. The zero-order chi connectivity index (χ0) is 6.57. The summed E-state index contributed by atoms with van der Waals surface area (Å²) >= 11 is 0. The van der Waals surface area contributed by atoms with Gasteiger partial charge in [0.2, 0.25) is 0 Å². The molecule has 0 aliphatic heterocycles. The van der Waals surface area contributed by atoms with E-state index < -0.39 is 0 Å². The standard InChI is InChI=1S/C5H13N3/c1-2-3-4(6)5(7)8/h2-3,6-8H2,1H3. The fourth-order valence-electron chi connectivity index (χ4n) is 0.414. The van der Waals surface area contributed by atoms with Gasteiger partial charge in [0.15, 0.2) is 0 Å². The fraction of sp³-hybridized carbons (Fsp3) is 0.600. The van der Waals surface area contributed by atoms with Crippen LogP contribution in [0.25, 0.3) is 0 Å². The maximum atomic E-state index is 5.36. The summed E-state index contributed by atoms with van der Waals surface area (Å²) in [7, 11) is 0. The van der Waals surface area contributed by atoms with E-state index in [0.717, 1.165) is 12.8 Å². The molecule has 0 rings (SSSR count). The topological polar surface area (TPSA) is 78.1 Å². The summed E-state index contributed by atoms with van der Waals surface area (Å²) in [5, 5.41) is 0. The molecule has 0 radical (unpaired) electrons. The molecule has 0 unspecified atom stereocenters. The number of allylic oxidation sites excluding steroid dienone is 1. The molecule has 3 heteroatoms. The summed E-state index contributed by atoms with van der Waals surface area (Å²) < 4.78 is 0. The molecule has 0 saturated heterocycles. The Bertz CT molecular complexity index is 91.8. The first-order valence-electron chi connectivity index (χ1n) is 2.68. The van der Waals surface area contributed by atoms with Gasteiger partial charge in [0.1, 0.15) is 5.82 Å². The van der Waals surface area contributed by atoms with Crippen LogP contribution in [0.3, 0.4) is 0 Å².